The Morgan fingerprint density at radius 1 is 1.56 bits per heavy atom. The summed E-state index contributed by atoms with van der Waals surface area (Å²) in [7, 11) is 0. The normalized spacial score (nSPS) is 21.4. The van der Waals surface area contributed by atoms with Crippen molar-refractivity contribution in [3.05, 3.63) is 23.0 Å². The summed E-state index contributed by atoms with van der Waals surface area (Å²) >= 11 is 5.07. The van der Waals surface area contributed by atoms with Crippen LogP contribution in [0.4, 0.5) is 0 Å². The van der Waals surface area contributed by atoms with Crippen LogP contribution in [0.15, 0.2) is 23.0 Å². The van der Waals surface area contributed by atoms with Gasteiger partial charge in [0.1, 0.15) is 11.3 Å². The van der Waals surface area contributed by atoms with Crippen LogP contribution in [0.3, 0.4) is 0 Å². The van der Waals surface area contributed by atoms with Gasteiger partial charge in [-0.3, -0.25) is 0 Å². The Morgan fingerprint density at radius 2 is 2.12 bits per heavy atom. The molecule has 0 spiro atoms. The highest BCUT2D eigenvalue weighted by atomic mass is 32.1. The molecule has 2 N–H and O–H groups in total. The maximum atomic E-state index is 10.9. The van der Waals surface area contributed by atoms with Crippen molar-refractivity contribution in [1.29, 1.82) is 0 Å². The van der Waals surface area contributed by atoms with Gasteiger partial charge >= 0.3 is 5.97 Å². The highest BCUT2D eigenvalue weighted by Gasteiger charge is 2.28. The van der Waals surface area contributed by atoms with Gasteiger partial charge in [-0.25, -0.2) is 4.79 Å². The first-order valence-electron chi connectivity index (χ1n) is 5.25. The van der Waals surface area contributed by atoms with Crippen LogP contribution in [0.2, 0.25) is 0 Å². The summed E-state index contributed by atoms with van der Waals surface area (Å²) in [5, 5.41) is 18.6. The second kappa shape index (κ2) is 4.78. The molecule has 0 fully saturated rings. The number of hydrogen-bond donors (Lipinski definition) is 2. The summed E-state index contributed by atoms with van der Waals surface area (Å²) < 4.78 is 0. The standard InChI is InChI=1S/C12H16O3S/c1-6(2)4-8-5-9(12(14)15)10(13)11(16)7(8)3/h5-7,13H,4H2,1-3H3,(H,14,15). The molecule has 1 atom stereocenters. The summed E-state index contributed by atoms with van der Waals surface area (Å²) in [6.07, 6.45) is 2.35. The van der Waals surface area contributed by atoms with Gasteiger partial charge in [0.05, 0.1) is 4.86 Å². The topological polar surface area (TPSA) is 57.5 Å². The van der Waals surface area contributed by atoms with E-state index in [1.54, 1.807) is 6.08 Å². The van der Waals surface area contributed by atoms with Crippen LogP contribution in [-0.2, 0) is 4.79 Å². The highest BCUT2D eigenvalue weighted by Crippen LogP contribution is 2.30. The van der Waals surface area contributed by atoms with E-state index in [1.165, 1.54) is 0 Å². The number of carboxylic acids is 1. The SMILES string of the molecule is CC(C)CC1=CC(C(=O)O)=C(O)C(=S)C1C. The molecule has 3 nitrogen and oxygen atoms in total. The number of thiocarbonyl (C=S) groups is 1. The van der Waals surface area contributed by atoms with Crippen LogP contribution in [0, 0.1) is 11.8 Å². The van der Waals surface area contributed by atoms with Crippen molar-refractivity contribution in [3.8, 4) is 0 Å². The second-order valence-electron chi connectivity index (χ2n) is 4.47. The molecule has 0 bridgehead atoms. The van der Waals surface area contributed by atoms with E-state index in [0.717, 1.165) is 12.0 Å². The van der Waals surface area contributed by atoms with Crippen molar-refractivity contribution in [2.45, 2.75) is 27.2 Å². The molecule has 0 heterocycles. The highest BCUT2D eigenvalue weighted by molar-refractivity contribution is 7.80. The van der Waals surface area contributed by atoms with Crippen molar-refractivity contribution < 1.29 is 15.0 Å². The number of rotatable bonds is 3. The summed E-state index contributed by atoms with van der Waals surface area (Å²) in [4.78, 5) is 11.3. The molecule has 1 aliphatic carbocycles. The van der Waals surface area contributed by atoms with Crippen molar-refractivity contribution in [3.63, 3.8) is 0 Å². The zero-order valence-corrected chi connectivity index (χ0v) is 10.5. The Labute approximate surface area is 100 Å². The maximum Gasteiger partial charge on any atom is 0.339 e. The van der Waals surface area contributed by atoms with Gasteiger partial charge in [0.25, 0.3) is 0 Å². The monoisotopic (exact) mass is 240 g/mol. The third-order valence-corrected chi connectivity index (χ3v) is 3.19. The molecule has 0 amide bonds. The Balaban J connectivity index is 3.14. The molecule has 88 valence electrons. The number of aliphatic carboxylic acids is 1. The average molecular weight is 240 g/mol. The quantitative estimate of drug-likeness (QED) is 0.745. The molecule has 16 heavy (non-hydrogen) atoms. The Bertz CT molecular complexity index is 391. The smallest absolute Gasteiger partial charge is 0.339 e. The first-order valence-corrected chi connectivity index (χ1v) is 5.66. The minimum Gasteiger partial charge on any atom is -0.506 e. The Hall–Kier alpha value is -1.16. The van der Waals surface area contributed by atoms with Crippen LogP contribution in [-0.4, -0.2) is 21.0 Å². The van der Waals surface area contributed by atoms with Gasteiger partial charge in [-0.1, -0.05) is 38.6 Å². The molecule has 4 heteroatoms. The van der Waals surface area contributed by atoms with E-state index in [4.69, 9.17) is 17.3 Å². The minimum absolute atomic E-state index is 0.0551. The first-order chi connectivity index (χ1) is 7.34. The van der Waals surface area contributed by atoms with Crippen LogP contribution < -0.4 is 0 Å². The van der Waals surface area contributed by atoms with E-state index in [2.05, 4.69) is 13.8 Å². The summed E-state index contributed by atoms with van der Waals surface area (Å²) in [6.45, 7) is 6.02. The molecule has 0 aromatic rings. The van der Waals surface area contributed by atoms with Crippen LogP contribution >= 0.6 is 12.2 Å². The molecule has 1 unspecified atom stereocenters. The number of carboxylic acid groups (broad SMARTS) is 1. The molecule has 0 aromatic carbocycles. The predicted molar refractivity (Wildman–Crippen MR) is 66.6 cm³/mol. The summed E-state index contributed by atoms with van der Waals surface area (Å²) in [5.41, 5.74) is 0.897. The molecule has 0 saturated carbocycles. The van der Waals surface area contributed by atoms with Gasteiger partial charge in [0.15, 0.2) is 0 Å². The molecule has 0 saturated heterocycles. The second-order valence-corrected chi connectivity index (χ2v) is 4.91. The lowest BCUT2D eigenvalue weighted by molar-refractivity contribution is -0.132. The zero-order chi connectivity index (χ0) is 12.5. The van der Waals surface area contributed by atoms with Gasteiger partial charge in [-0.15, -0.1) is 0 Å². The lowest BCUT2D eigenvalue weighted by Crippen LogP contribution is -2.23. The van der Waals surface area contributed by atoms with Crippen molar-refractivity contribution in [1.82, 2.24) is 0 Å². The van der Waals surface area contributed by atoms with Gasteiger partial charge in [-0.2, -0.15) is 0 Å². The predicted octanol–water partition coefficient (Wildman–Crippen LogP) is 2.88. The van der Waals surface area contributed by atoms with E-state index >= 15 is 0 Å². The molecule has 0 aromatic heterocycles. The van der Waals surface area contributed by atoms with Crippen LogP contribution in [0.25, 0.3) is 0 Å². The van der Waals surface area contributed by atoms with E-state index in [1.807, 2.05) is 6.92 Å². The fourth-order valence-corrected chi connectivity index (χ4v) is 2.02. The summed E-state index contributed by atoms with van der Waals surface area (Å²) in [6, 6.07) is 0. The summed E-state index contributed by atoms with van der Waals surface area (Å²) in [5.74, 6) is -1.01. The number of allylic oxidation sites excluding steroid dienone is 2. The van der Waals surface area contributed by atoms with E-state index < -0.39 is 5.97 Å². The van der Waals surface area contributed by atoms with Crippen molar-refractivity contribution >= 4 is 23.1 Å². The Morgan fingerprint density at radius 3 is 2.56 bits per heavy atom. The molecule has 0 aliphatic heterocycles. The van der Waals surface area contributed by atoms with E-state index in [0.29, 0.717) is 10.8 Å². The third-order valence-electron chi connectivity index (χ3n) is 2.64. The maximum absolute atomic E-state index is 10.9. The van der Waals surface area contributed by atoms with Gasteiger partial charge in [-0.05, 0) is 18.4 Å². The van der Waals surface area contributed by atoms with Crippen molar-refractivity contribution in [2.24, 2.45) is 11.8 Å². The van der Waals surface area contributed by atoms with Gasteiger partial charge < -0.3 is 10.2 Å². The largest absolute Gasteiger partial charge is 0.506 e. The average Bonchev–Trinajstić information content (AvgIpc) is 2.18. The lowest BCUT2D eigenvalue weighted by Gasteiger charge is -2.23. The molecular formula is C12H16O3S. The third kappa shape index (κ3) is 2.50. The van der Waals surface area contributed by atoms with Gasteiger partial charge in [0.2, 0.25) is 0 Å². The number of hydrogen-bond acceptors (Lipinski definition) is 3. The van der Waals surface area contributed by atoms with E-state index in [9.17, 15) is 9.90 Å². The van der Waals surface area contributed by atoms with Crippen LogP contribution in [0.5, 0.6) is 0 Å². The fourth-order valence-electron chi connectivity index (χ4n) is 1.76. The molecule has 1 aliphatic rings. The van der Waals surface area contributed by atoms with Gasteiger partial charge in [0, 0.05) is 5.92 Å². The Kier molecular flexibility index (Phi) is 3.86. The number of carbonyl (C=O) groups is 1. The molecule has 0 radical (unpaired) electrons. The lowest BCUT2D eigenvalue weighted by atomic mass is 9.84. The van der Waals surface area contributed by atoms with Crippen molar-refractivity contribution in [2.75, 3.05) is 0 Å². The number of aliphatic hydroxyl groups is 1. The minimum atomic E-state index is -1.13. The molecule has 1 rings (SSSR count). The molecular weight excluding hydrogens is 224 g/mol. The number of aliphatic hydroxyl groups excluding tert-OH is 1. The zero-order valence-electron chi connectivity index (χ0n) is 9.65. The fraction of sp³-hybridized carbons (Fsp3) is 0.500. The first kappa shape index (κ1) is 12.9. The van der Waals surface area contributed by atoms with E-state index in [-0.39, 0.29) is 17.3 Å². The van der Waals surface area contributed by atoms with Crippen LogP contribution in [0.1, 0.15) is 27.2 Å².